The van der Waals surface area contributed by atoms with Gasteiger partial charge in [0.2, 0.25) is 5.91 Å². The first-order chi connectivity index (χ1) is 15.5. The Morgan fingerprint density at radius 1 is 1.19 bits per heavy atom. The fraction of sp³-hybridized carbons (Fsp3) is 0.174. The van der Waals surface area contributed by atoms with Crippen LogP contribution in [-0.4, -0.2) is 22.5 Å². The van der Waals surface area contributed by atoms with E-state index in [0.29, 0.717) is 34.5 Å². The molecule has 0 bridgehead atoms. The van der Waals surface area contributed by atoms with Crippen molar-refractivity contribution in [2.45, 2.75) is 26.4 Å². The zero-order valence-corrected chi connectivity index (χ0v) is 17.9. The Hall–Kier alpha value is -3.59. The number of aryl methyl sites for hydroxylation is 2. The lowest BCUT2D eigenvalue weighted by atomic mass is 10.1. The molecule has 0 spiro atoms. The Kier molecular flexibility index (Phi) is 6.55. The summed E-state index contributed by atoms with van der Waals surface area (Å²) < 4.78 is 35.5. The first-order valence-corrected chi connectivity index (χ1v) is 10.7. The van der Waals surface area contributed by atoms with Crippen LogP contribution in [0.25, 0.3) is 22.6 Å². The van der Waals surface area contributed by atoms with Crippen LogP contribution in [0.15, 0.2) is 64.5 Å². The van der Waals surface area contributed by atoms with Crippen LogP contribution >= 0.6 is 11.3 Å². The van der Waals surface area contributed by atoms with E-state index in [-0.39, 0.29) is 18.1 Å². The first-order valence-electron chi connectivity index (χ1n) is 9.79. The molecule has 9 heteroatoms. The number of oxazole rings is 1. The van der Waals surface area contributed by atoms with Crippen molar-refractivity contribution in [3.8, 4) is 28.3 Å². The van der Waals surface area contributed by atoms with Crippen LogP contribution in [-0.2, 0) is 11.2 Å². The van der Waals surface area contributed by atoms with Crippen molar-refractivity contribution in [3.05, 3.63) is 71.6 Å². The van der Waals surface area contributed by atoms with Crippen LogP contribution in [0.5, 0.6) is 5.75 Å². The van der Waals surface area contributed by atoms with Crippen molar-refractivity contribution in [1.82, 2.24) is 9.97 Å². The van der Waals surface area contributed by atoms with Crippen LogP contribution in [0.2, 0.25) is 0 Å². The molecular formula is C23H19F2N3O3S. The fourth-order valence-electron chi connectivity index (χ4n) is 3.01. The van der Waals surface area contributed by atoms with Crippen LogP contribution in [0.1, 0.15) is 17.9 Å². The number of nitrogens with zero attached hydrogens (tertiary/aromatic N) is 2. The third-order valence-electron chi connectivity index (χ3n) is 4.59. The summed E-state index contributed by atoms with van der Waals surface area (Å²) in [6.45, 7) is -0.925. The van der Waals surface area contributed by atoms with E-state index in [9.17, 15) is 13.6 Å². The number of carbonyl (C=O) groups is 1. The number of anilines is 1. The van der Waals surface area contributed by atoms with Crippen LogP contribution in [0.4, 0.5) is 13.9 Å². The molecule has 0 fully saturated rings. The van der Waals surface area contributed by atoms with Crippen molar-refractivity contribution < 1.29 is 22.7 Å². The monoisotopic (exact) mass is 455 g/mol. The second-order valence-electron chi connectivity index (χ2n) is 6.95. The number of halogens is 2. The average Bonchev–Trinajstić information content (AvgIpc) is 3.43. The maximum Gasteiger partial charge on any atom is 0.387 e. The Balaban J connectivity index is 1.35. The summed E-state index contributed by atoms with van der Waals surface area (Å²) in [4.78, 5) is 20.9. The molecule has 0 unspecified atom stereocenters. The molecule has 0 aliphatic rings. The molecular weight excluding hydrogens is 436 g/mol. The number of rotatable bonds is 8. The zero-order valence-electron chi connectivity index (χ0n) is 17.0. The van der Waals surface area contributed by atoms with E-state index in [0.717, 1.165) is 11.1 Å². The third kappa shape index (κ3) is 5.36. The number of carbonyl (C=O) groups excluding carboxylic acids is 1. The van der Waals surface area contributed by atoms with E-state index in [1.54, 1.807) is 29.8 Å². The molecule has 0 aliphatic carbocycles. The minimum atomic E-state index is -2.93. The molecule has 164 valence electrons. The number of benzene rings is 2. The fourth-order valence-corrected chi connectivity index (χ4v) is 3.74. The Morgan fingerprint density at radius 3 is 2.75 bits per heavy atom. The minimum Gasteiger partial charge on any atom is -0.441 e. The number of para-hydroxylation sites is 1. The van der Waals surface area contributed by atoms with Gasteiger partial charge in [-0.05, 0) is 19.1 Å². The summed E-state index contributed by atoms with van der Waals surface area (Å²) >= 11 is 1.20. The molecule has 1 amide bonds. The lowest BCUT2D eigenvalue weighted by Crippen LogP contribution is -2.12. The van der Waals surface area contributed by atoms with Gasteiger partial charge in [0.05, 0.1) is 11.9 Å². The summed E-state index contributed by atoms with van der Waals surface area (Å²) in [5.74, 6) is 0.889. The Labute approximate surface area is 186 Å². The van der Waals surface area contributed by atoms with Crippen molar-refractivity contribution in [3.63, 3.8) is 0 Å². The van der Waals surface area contributed by atoms with Crippen LogP contribution in [0, 0.1) is 6.92 Å². The van der Waals surface area contributed by atoms with Gasteiger partial charge in [-0.2, -0.15) is 8.78 Å². The molecule has 1 N–H and O–H groups in total. The first kappa shape index (κ1) is 21.6. The van der Waals surface area contributed by atoms with E-state index in [2.05, 4.69) is 20.0 Å². The zero-order chi connectivity index (χ0) is 22.5. The molecule has 2 heterocycles. The van der Waals surface area contributed by atoms with Gasteiger partial charge < -0.3 is 14.5 Å². The van der Waals surface area contributed by atoms with E-state index in [4.69, 9.17) is 4.42 Å². The highest BCUT2D eigenvalue weighted by atomic mass is 32.1. The number of hydrogen-bond donors (Lipinski definition) is 1. The molecule has 2 aromatic heterocycles. The molecule has 32 heavy (non-hydrogen) atoms. The van der Waals surface area contributed by atoms with Gasteiger partial charge in [-0.25, -0.2) is 9.97 Å². The molecule has 4 rings (SSSR count). The van der Waals surface area contributed by atoms with Crippen molar-refractivity contribution in [1.29, 1.82) is 0 Å². The van der Waals surface area contributed by atoms with Gasteiger partial charge in [0.1, 0.15) is 5.75 Å². The Bertz CT molecular complexity index is 1210. The minimum absolute atomic E-state index is 0.0268. The second-order valence-corrected chi connectivity index (χ2v) is 7.80. The van der Waals surface area contributed by atoms with Gasteiger partial charge in [0, 0.05) is 29.3 Å². The summed E-state index contributed by atoms with van der Waals surface area (Å²) in [6, 6.07) is 14.3. The lowest BCUT2D eigenvalue weighted by molar-refractivity contribution is -0.116. The smallest absolute Gasteiger partial charge is 0.387 e. The number of amides is 1. The van der Waals surface area contributed by atoms with Gasteiger partial charge in [-0.3, -0.25) is 4.79 Å². The normalized spacial score (nSPS) is 11.0. The number of ether oxygens (including phenoxy) is 1. The molecule has 6 nitrogen and oxygen atoms in total. The molecule has 0 saturated heterocycles. The molecule has 0 saturated carbocycles. The number of alkyl halides is 2. The summed E-state index contributed by atoms with van der Waals surface area (Å²) in [5, 5.41) is 4.75. The standard InChI is InChI=1S/C23H19F2N3O3S/c1-14-6-8-15(9-7-14)19-12-26-21(30-19)11-10-20(29)28-23-27-17(13-32-23)16-4-2-3-5-18(16)31-22(24)25/h2-9,12-13,22H,10-11H2,1H3,(H,27,28,29). The van der Waals surface area contributed by atoms with Crippen molar-refractivity contribution in [2.24, 2.45) is 0 Å². The SMILES string of the molecule is Cc1ccc(-c2cnc(CCC(=O)Nc3nc(-c4ccccc4OC(F)F)cs3)o2)cc1. The second kappa shape index (κ2) is 9.69. The highest BCUT2D eigenvalue weighted by Gasteiger charge is 2.15. The average molecular weight is 455 g/mol. The predicted molar refractivity (Wildman–Crippen MR) is 118 cm³/mol. The van der Waals surface area contributed by atoms with Crippen molar-refractivity contribution >= 4 is 22.4 Å². The number of hydrogen-bond acceptors (Lipinski definition) is 6. The summed E-state index contributed by atoms with van der Waals surface area (Å²) in [7, 11) is 0. The molecule has 2 aromatic carbocycles. The Morgan fingerprint density at radius 2 is 1.97 bits per heavy atom. The largest absolute Gasteiger partial charge is 0.441 e. The van der Waals surface area contributed by atoms with Gasteiger partial charge in [0.15, 0.2) is 16.8 Å². The summed E-state index contributed by atoms with van der Waals surface area (Å²) in [6.07, 6.45) is 2.14. The molecule has 0 atom stereocenters. The highest BCUT2D eigenvalue weighted by Crippen LogP contribution is 2.33. The maximum atomic E-state index is 12.6. The van der Waals surface area contributed by atoms with Gasteiger partial charge in [0.25, 0.3) is 0 Å². The van der Waals surface area contributed by atoms with E-state index in [1.165, 1.54) is 17.4 Å². The third-order valence-corrected chi connectivity index (χ3v) is 5.34. The lowest BCUT2D eigenvalue weighted by Gasteiger charge is -2.08. The number of thiazole rings is 1. The molecule has 0 radical (unpaired) electrons. The predicted octanol–water partition coefficient (Wildman–Crippen LogP) is 5.95. The van der Waals surface area contributed by atoms with Gasteiger partial charge >= 0.3 is 6.61 Å². The van der Waals surface area contributed by atoms with Gasteiger partial charge in [-0.15, -0.1) is 11.3 Å². The van der Waals surface area contributed by atoms with E-state index < -0.39 is 6.61 Å². The van der Waals surface area contributed by atoms with Crippen molar-refractivity contribution in [2.75, 3.05) is 5.32 Å². The summed E-state index contributed by atoms with van der Waals surface area (Å²) in [5.41, 5.74) is 2.94. The maximum absolute atomic E-state index is 12.6. The number of nitrogens with one attached hydrogen (secondary N) is 1. The van der Waals surface area contributed by atoms with Crippen LogP contribution < -0.4 is 10.1 Å². The van der Waals surface area contributed by atoms with Crippen LogP contribution in [0.3, 0.4) is 0 Å². The molecule has 4 aromatic rings. The molecule has 0 aliphatic heterocycles. The van der Waals surface area contributed by atoms with Gasteiger partial charge in [-0.1, -0.05) is 42.0 Å². The quantitative estimate of drug-likeness (QED) is 0.355. The van der Waals surface area contributed by atoms with E-state index in [1.807, 2.05) is 31.2 Å². The topological polar surface area (TPSA) is 77.2 Å². The van der Waals surface area contributed by atoms with E-state index >= 15 is 0 Å². The number of aromatic nitrogens is 2. The highest BCUT2D eigenvalue weighted by molar-refractivity contribution is 7.14.